The van der Waals surface area contributed by atoms with E-state index in [4.69, 9.17) is 5.73 Å². The van der Waals surface area contributed by atoms with E-state index in [1.165, 1.54) is 12.1 Å². The van der Waals surface area contributed by atoms with Gasteiger partial charge in [0.15, 0.2) is 0 Å². The molecule has 1 aliphatic rings. The molecule has 0 aliphatic carbocycles. The average Bonchev–Trinajstić information content (AvgIpc) is 2.72. The van der Waals surface area contributed by atoms with Gasteiger partial charge in [-0.3, -0.25) is 9.80 Å². The van der Waals surface area contributed by atoms with Crippen molar-refractivity contribution in [1.29, 1.82) is 0 Å². The number of benzene rings is 2. The Labute approximate surface area is 187 Å². The van der Waals surface area contributed by atoms with Crippen molar-refractivity contribution in [2.45, 2.75) is 18.6 Å². The first-order chi connectivity index (χ1) is 15.8. The molecule has 34 heavy (non-hydrogen) atoms. The van der Waals surface area contributed by atoms with E-state index in [-0.39, 0.29) is 17.0 Å². The number of aliphatic hydroxyl groups is 1. The second-order valence-electron chi connectivity index (χ2n) is 7.12. The Hall–Kier alpha value is -3.61. The van der Waals surface area contributed by atoms with E-state index < -0.39 is 54.2 Å². The van der Waals surface area contributed by atoms with Crippen LogP contribution in [0.4, 0.5) is 36.4 Å². The van der Waals surface area contributed by atoms with Gasteiger partial charge in [-0.05, 0) is 48.5 Å². The zero-order valence-corrected chi connectivity index (χ0v) is 16.9. The molecule has 2 aromatic rings. The first-order valence-electron chi connectivity index (χ1n) is 9.48. The third kappa shape index (κ3) is 5.65. The summed E-state index contributed by atoms with van der Waals surface area (Å²) in [5, 5.41) is 14.3. The van der Waals surface area contributed by atoms with Gasteiger partial charge in [0.25, 0.3) is 0 Å². The summed E-state index contributed by atoms with van der Waals surface area (Å²) in [5.41, 5.74) is 4.51. The number of nitrogens with zero attached hydrogens (tertiary/aromatic N) is 2. The molecule has 0 saturated heterocycles. The van der Waals surface area contributed by atoms with Gasteiger partial charge in [-0.2, -0.15) is 18.3 Å². The first kappa shape index (κ1) is 25.0. The number of anilines is 1. The minimum atomic E-state index is -5.00. The summed E-state index contributed by atoms with van der Waals surface area (Å²) in [5.74, 6) is -5.17. The largest absolute Gasteiger partial charge is 0.573 e. The molecule has 182 valence electrons. The maximum Gasteiger partial charge on any atom is 0.573 e. The number of halogens is 7. The summed E-state index contributed by atoms with van der Waals surface area (Å²) in [6.45, 7) is -1.43. The molecule has 1 heterocycles. The van der Waals surface area contributed by atoms with Crippen LogP contribution < -0.4 is 15.5 Å². The van der Waals surface area contributed by atoms with Crippen LogP contribution in [0.5, 0.6) is 5.75 Å². The van der Waals surface area contributed by atoms with Crippen LogP contribution in [0.1, 0.15) is 5.56 Å². The zero-order chi connectivity index (χ0) is 25.3. The van der Waals surface area contributed by atoms with Crippen molar-refractivity contribution in [3.8, 4) is 5.75 Å². The molecule has 0 bridgehead atoms. The second kappa shape index (κ2) is 9.33. The van der Waals surface area contributed by atoms with Crippen LogP contribution in [0.15, 0.2) is 65.3 Å². The molecule has 13 heteroatoms. The highest BCUT2D eigenvalue weighted by atomic mass is 19.4. The highest BCUT2D eigenvalue weighted by Gasteiger charge is 2.50. The first-order valence-corrected chi connectivity index (χ1v) is 9.48. The number of carbonyl (C=O) groups excluding carboxylic acids is 1. The topological polar surface area (TPSA) is 88.2 Å². The Morgan fingerprint density at radius 1 is 1.12 bits per heavy atom. The molecule has 0 fully saturated rings. The number of ether oxygens (including phenoxy) is 1. The summed E-state index contributed by atoms with van der Waals surface area (Å²) in [6.07, 6.45) is -9.00. The highest BCUT2D eigenvalue weighted by Crippen LogP contribution is 2.38. The maximum absolute atomic E-state index is 13.9. The SMILES string of the molecule is NC(=O)C1=CC(c2ccc(OC(F)(F)F)cc2)=NN(c2cccc(F)c2)C1C(CO)C(F)(F)F. The smallest absolute Gasteiger partial charge is 0.406 e. The van der Waals surface area contributed by atoms with E-state index in [9.17, 15) is 40.6 Å². The van der Waals surface area contributed by atoms with Gasteiger partial charge in [0, 0.05) is 11.1 Å². The van der Waals surface area contributed by atoms with Crippen LogP contribution in [0.25, 0.3) is 0 Å². The molecular formula is C21H16F7N3O3. The number of hydrogen-bond donors (Lipinski definition) is 2. The van der Waals surface area contributed by atoms with Gasteiger partial charge in [-0.1, -0.05) is 6.07 Å². The van der Waals surface area contributed by atoms with Crippen molar-refractivity contribution in [2.24, 2.45) is 16.8 Å². The van der Waals surface area contributed by atoms with E-state index in [0.717, 1.165) is 42.5 Å². The van der Waals surface area contributed by atoms with E-state index in [2.05, 4.69) is 9.84 Å². The van der Waals surface area contributed by atoms with Crippen molar-refractivity contribution in [3.63, 3.8) is 0 Å². The molecule has 0 aromatic heterocycles. The number of allylic oxidation sites excluding steroid dienone is 1. The van der Waals surface area contributed by atoms with Crippen LogP contribution >= 0.6 is 0 Å². The van der Waals surface area contributed by atoms with Crippen LogP contribution in [0, 0.1) is 11.7 Å². The highest BCUT2D eigenvalue weighted by molar-refractivity contribution is 6.14. The molecule has 3 N–H and O–H groups in total. The van der Waals surface area contributed by atoms with Gasteiger partial charge < -0.3 is 15.6 Å². The molecule has 2 atom stereocenters. The summed E-state index contributed by atoms with van der Waals surface area (Å²) < 4.78 is 96.0. The Morgan fingerprint density at radius 2 is 1.76 bits per heavy atom. The predicted molar refractivity (Wildman–Crippen MR) is 106 cm³/mol. The molecule has 2 unspecified atom stereocenters. The van der Waals surface area contributed by atoms with E-state index in [1.54, 1.807) is 0 Å². The van der Waals surface area contributed by atoms with E-state index >= 15 is 0 Å². The van der Waals surface area contributed by atoms with Crippen molar-refractivity contribution >= 4 is 17.3 Å². The Balaban J connectivity index is 2.14. The molecule has 0 radical (unpaired) electrons. The van der Waals surface area contributed by atoms with Crippen LogP contribution in [-0.2, 0) is 4.79 Å². The second-order valence-corrected chi connectivity index (χ2v) is 7.12. The fourth-order valence-electron chi connectivity index (χ4n) is 3.36. The predicted octanol–water partition coefficient (Wildman–Crippen LogP) is 3.90. The van der Waals surface area contributed by atoms with Gasteiger partial charge in [-0.15, -0.1) is 13.2 Å². The number of amides is 1. The van der Waals surface area contributed by atoms with Crippen LogP contribution in [0.2, 0.25) is 0 Å². The van der Waals surface area contributed by atoms with Gasteiger partial charge in [0.2, 0.25) is 5.91 Å². The van der Waals surface area contributed by atoms with Gasteiger partial charge in [0.1, 0.15) is 17.5 Å². The monoisotopic (exact) mass is 491 g/mol. The Morgan fingerprint density at radius 3 is 2.26 bits per heavy atom. The quantitative estimate of drug-likeness (QED) is 0.601. The van der Waals surface area contributed by atoms with Gasteiger partial charge in [0.05, 0.1) is 24.0 Å². The lowest BCUT2D eigenvalue weighted by Gasteiger charge is -2.38. The summed E-state index contributed by atoms with van der Waals surface area (Å²) in [6, 6.07) is 6.52. The summed E-state index contributed by atoms with van der Waals surface area (Å²) in [7, 11) is 0. The molecule has 1 amide bonds. The Bertz CT molecular complexity index is 1110. The minimum absolute atomic E-state index is 0.0979. The van der Waals surface area contributed by atoms with Crippen molar-refractivity contribution in [3.05, 3.63) is 71.6 Å². The minimum Gasteiger partial charge on any atom is -0.406 e. The molecule has 1 aliphatic heterocycles. The molecule has 2 aromatic carbocycles. The fraction of sp³-hybridized carbons (Fsp3) is 0.238. The van der Waals surface area contributed by atoms with Crippen molar-refractivity contribution in [1.82, 2.24) is 0 Å². The Kier molecular flexibility index (Phi) is 6.87. The van der Waals surface area contributed by atoms with Crippen LogP contribution in [0.3, 0.4) is 0 Å². The molecule has 0 spiro atoms. The summed E-state index contributed by atoms with van der Waals surface area (Å²) in [4.78, 5) is 12.1. The van der Waals surface area contributed by atoms with Crippen molar-refractivity contribution < 1.29 is 45.4 Å². The number of primary amides is 1. The van der Waals surface area contributed by atoms with Crippen molar-refractivity contribution in [2.75, 3.05) is 11.6 Å². The van der Waals surface area contributed by atoms with E-state index in [1.807, 2.05) is 0 Å². The maximum atomic E-state index is 13.9. The summed E-state index contributed by atoms with van der Waals surface area (Å²) >= 11 is 0. The molecule has 0 saturated carbocycles. The third-order valence-corrected chi connectivity index (χ3v) is 4.83. The number of carbonyl (C=O) groups is 1. The average molecular weight is 491 g/mol. The number of rotatable bonds is 6. The van der Waals surface area contributed by atoms with Crippen LogP contribution in [-0.4, -0.2) is 41.9 Å². The number of alkyl halides is 6. The number of hydrazone groups is 1. The van der Waals surface area contributed by atoms with Gasteiger partial charge >= 0.3 is 12.5 Å². The molecular weight excluding hydrogens is 475 g/mol. The lowest BCUT2D eigenvalue weighted by Crippen LogP contribution is -2.51. The third-order valence-electron chi connectivity index (χ3n) is 4.83. The number of hydrogen-bond acceptors (Lipinski definition) is 5. The lowest BCUT2D eigenvalue weighted by atomic mass is 9.88. The fourth-order valence-corrected chi connectivity index (χ4v) is 3.36. The standard InChI is InChI=1S/C21H16F7N3O3/c22-12-2-1-3-13(8-12)31-18(16(10-32)20(23,24)25)15(19(29)33)9-17(30-31)11-4-6-14(7-5-11)34-21(26,27)28/h1-9,16,18,32H,10H2,(H2,29,33). The lowest BCUT2D eigenvalue weighted by molar-refractivity contribution is -0.274. The number of nitrogens with two attached hydrogens (primary N) is 1. The normalized spacial score (nSPS) is 17.6. The zero-order valence-electron chi connectivity index (χ0n) is 16.9. The molecule has 3 rings (SSSR count). The van der Waals surface area contributed by atoms with E-state index in [0.29, 0.717) is 5.01 Å². The molecule has 6 nitrogen and oxygen atoms in total. The number of aliphatic hydroxyl groups excluding tert-OH is 1. The van der Waals surface area contributed by atoms with Gasteiger partial charge in [-0.25, -0.2) is 4.39 Å².